The molecule has 19 heavy (non-hydrogen) atoms. The summed E-state index contributed by atoms with van der Waals surface area (Å²) in [6, 6.07) is 7.01. The van der Waals surface area contributed by atoms with Gasteiger partial charge in [-0.05, 0) is 18.9 Å². The maximum atomic E-state index is 11.8. The molecule has 1 aliphatic rings. The van der Waals surface area contributed by atoms with Crippen LogP contribution in [-0.4, -0.2) is 43.0 Å². The molecule has 1 amide bonds. The van der Waals surface area contributed by atoms with Crippen LogP contribution in [0.4, 0.5) is 4.79 Å². The van der Waals surface area contributed by atoms with Gasteiger partial charge in [0.1, 0.15) is 5.75 Å². The van der Waals surface area contributed by atoms with Crippen molar-refractivity contribution in [1.29, 1.82) is 0 Å². The molecule has 1 aliphatic heterocycles. The van der Waals surface area contributed by atoms with Crippen molar-refractivity contribution in [2.24, 2.45) is 0 Å². The van der Waals surface area contributed by atoms with Gasteiger partial charge in [0.15, 0.2) is 0 Å². The lowest BCUT2D eigenvalue weighted by molar-refractivity contribution is 0.00906. The number of carbonyl (C=O) groups is 1. The molecule has 1 aromatic carbocycles. The molecule has 1 aromatic rings. The topological polar surface area (TPSA) is 59.0 Å². The summed E-state index contributed by atoms with van der Waals surface area (Å²) >= 11 is 0. The van der Waals surface area contributed by atoms with Gasteiger partial charge in [0, 0.05) is 12.1 Å². The van der Waals surface area contributed by atoms with Crippen molar-refractivity contribution in [3.63, 3.8) is 0 Å². The fourth-order valence-corrected chi connectivity index (χ4v) is 2.58. The number of methoxy groups -OCH3 is 2. The van der Waals surface area contributed by atoms with Crippen LogP contribution in [0, 0.1) is 0 Å². The largest absolute Gasteiger partial charge is 0.496 e. The zero-order chi connectivity index (χ0) is 13.8. The van der Waals surface area contributed by atoms with Crippen LogP contribution in [0.2, 0.25) is 0 Å². The summed E-state index contributed by atoms with van der Waals surface area (Å²) < 4.78 is 10.1. The van der Waals surface area contributed by atoms with Crippen molar-refractivity contribution < 1.29 is 19.4 Å². The Kier molecular flexibility index (Phi) is 4.27. The minimum Gasteiger partial charge on any atom is -0.496 e. The molecule has 0 aromatic heterocycles. The highest BCUT2D eigenvalue weighted by atomic mass is 16.5. The van der Waals surface area contributed by atoms with Crippen LogP contribution in [0.25, 0.3) is 0 Å². The van der Waals surface area contributed by atoms with E-state index < -0.39 is 18.2 Å². The number of hydrogen-bond acceptors (Lipinski definition) is 4. The molecule has 5 heteroatoms. The first-order valence-electron chi connectivity index (χ1n) is 6.34. The Balaban J connectivity index is 2.38. The van der Waals surface area contributed by atoms with Gasteiger partial charge in [-0.2, -0.15) is 0 Å². The predicted molar refractivity (Wildman–Crippen MR) is 70.1 cm³/mol. The van der Waals surface area contributed by atoms with Crippen LogP contribution in [0.5, 0.6) is 5.75 Å². The summed E-state index contributed by atoms with van der Waals surface area (Å²) in [6.45, 7) is 0.576. The Labute approximate surface area is 112 Å². The van der Waals surface area contributed by atoms with Gasteiger partial charge in [-0.3, -0.25) is 4.90 Å². The highest BCUT2D eigenvalue weighted by molar-refractivity contribution is 5.68. The average molecular weight is 265 g/mol. The van der Waals surface area contributed by atoms with Crippen LogP contribution < -0.4 is 4.74 Å². The van der Waals surface area contributed by atoms with Gasteiger partial charge in [-0.1, -0.05) is 18.2 Å². The number of aliphatic hydroxyl groups excluding tert-OH is 1. The van der Waals surface area contributed by atoms with E-state index >= 15 is 0 Å². The van der Waals surface area contributed by atoms with E-state index in [2.05, 4.69) is 0 Å². The maximum Gasteiger partial charge on any atom is 0.410 e. The van der Waals surface area contributed by atoms with E-state index in [1.165, 1.54) is 7.11 Å². The van der Waals surface area contributed by atoms with Crippen LogP contribution in [0.15, 0.2) is 24.3 Å². The molecular formula is C14H19NO4. The van der Waals surface area contributed by atoms with E-state index in [9.17, 15) is 9.90 Å². The second-order valence-corrected chi connectivity index (χ2v) is 4.56. The molecule has 0 aliphatic carbocycles. The zero-order valence-corrected chi connectivity index (χ0v) is 11.2. The molecule has 1 heterocycles. The number of amides is 1. The molecule has 0 spiro atoms. The first-order chi connectivity index (χ1) is 9.19. The zero-order valence-electron chi connectivity index (χ0n) is 11.2. The van der Waals surface area contributed by atoms with E-state index in [1.807, 2.05) is 24.3 Å². The Bertz CT molecular complexity index is 449. The lowest BCUT2D eigenvalue weighted by Gasteiger charge is -2.38. The molecule has 1 fully saturated rings. The number of aliphatic hydroxyl groups is 1. The summed E-state index contributed by atoms with van der Waals surface area (Å²) in [5.41, 5.74) is 0.808. The van der Waals surface area contributed by atoms with Crippen molar-refractivity contribution in [3.05, 3.63) is 29.8 Å². The van der Waals surface area contributed by atoms with Crippen molar-refractivity contribution >= 4 is 6.09 Å². The monoisotopic (exact) mass is 265 g/mol. The van der Waals surface area contributed by atoms with Crippen LogP contribution >= 0.6 is 0 Å². The molecule has 2 atom stereocenters. The molecular weight excluding hydrogens is 246 g/mol. The second kappa shape index (κ2) is 5.93. The number of rotatable bonds is 2. The van der Waals surface area contributed by atoms with E-state index in [0.717, 1.165) is 12.0 Å². The standard InChI is InChI=1S/C14H19NO4/c1-18-12-8-4-3-6-10(12)13-11(16)7-5-9-15(13)14(17)19-2/h3-4,6,8,11,13,16H,5,7,9H2,1-2H3/t11-,13-/m0/s1. The summed E-state index contributed by atoms with van der Waals surface area (Å²) in [7, 11) is 2.93. The smallest absolute Gasteiger partial charge is 0.410 e. The lowest BCUT2D eigenvalue weighted by atomic mass is 9.92. The van der Waals surface area contributed by atoms with Crippen molar-refractivity contribution in [1.82, 2.24) is 4.90 Å². The first-order valence-corrected chi connectivity index (χ1v) is 6.34. The molecule has 5 nitrogen and oxygen atoms in total. The van der Waals surface area contributed by atoms with Crippen molar-refractivity contribution in [2.45, 2.75) is 25.0 Å². The quantitative estimate of drug-likeness (QED) is 0.888. The summed E-state index contributed by atoms with van der Waals surface area (Å²) in [4.78, 5) is 13.4. The third-order valence-corrected chi connectivity index (χ3v) is 3.47. The van der Waals surface area contributed by atoms with Gasteiger partial charge >= 0.3 is 6.09 Å². The normalized spacial score (nSPS) is 23.0. The SMILES string of the molecule is COC(=O)N1CCC[C@H](O)[C@@H]1c1ccccc1OC. The Morgan fingerprint density at radius 3 is 2.79 bits per heavy atom. The second-order valence-electron chi connectivity index (χ2n) is 4.56. The van der Waals surface area contributed by atoms with E-state index in [0.29, 0.717) is 18.7 Å². The average Bonchev–Trinajstić information content (AvgIpc) is 2.46. The number of benzene rings is 1. The Morgan fingerprint density at radius 2 is 2.11 bits per heavy atom. The van der Waals surface area contributed by atoms with Gasteiger partial charge in [0.2, 0.25) is 0 Å². The number of ether oxygens (including phenoxy) is 2. The number of carbonyl (C=O) groups excluding carboxylic acids is 1. The summed E-state index contributed by atoms with van der Waals surface area (Å²) in [5, 5.41) is 10.3. The lowest BCUT2D eigenvalue weighted by Crippen LogP contribution is -2.45. The molecule has 104 valence electrons. The molecule has 1 saturated heterocycles. The first kappa shape index (κ1) is 13.7. The van der Waals surface area contributed by atoms with Crippen LogP contribution in [0.3, 0.4) is 0 Å². The molecule has 0 saturated carbocycles. The number of nitrogens with zero attached hydrogens (tertiary/aromatic N) is 1. The maximum absolute atomic E-state index is 11.8. The molecule has 0 bridgehead atoms. The molecule has 0 radical (unpaired) electrons. The minimum absolute atomic E-state index is 0.419. The summed E-state index contributed by atoms with van der Waals surface area (Å²) in [5.74, 6) is 0.669. The third kappa shape index (κ3) is 2.66. The van der Waals surface area contributed by atoms with E-state index in [1.54, 1.807) is 12.0 Å². The number of para-hydroxylation sites is 1. The minimum atomic E-state index is -0.607. The van der Waals surface area contributed by atoms with E-state index in [-0.39, 0.29) is 0 Å². The Morgan fingerprint density at radius 1 is 1.37 bits per heavy atom. The molecule has 0 unspecified atom stereocenters. The van der Waals surface area contributed by atoms with Gasteiger partial charge in [0.05, 0.1) is 26.4 Å². The highest BCUT2D eigenvalue weighted by Crippen LogP contribution is 2.36. The van der Waals surface area contributed by atoms with Crippen LogP contribution in [-0.2, 0) is 4.74 Å². The van der Waals surface area contributed by atoms with Gasteiger partial charge in [0.25, 0.3) is 0 Å². The van der Waals surface area contributed by atoms with Gasteiger partial charge < -0.3 is 14.6 Å². The summed E-state index contributed by atoms with van der Waals surface area (Å²) in [6.07, 6.45) is 0.400. The van der Waals surface area contributed by atoms with E-state index in [4.69, 9.17) is 9.47 Å². The van der Waals surface area contributed by atoms with Crippen molar-refractivity contribution in [2.75, 3.05) is 20.8 Å². The molecule has 2 rings (SSSR count). The number of likely N-dealkylation sites (tertiary alicyclic amines) is 1. The fraction of sp³-hybridized carbons (Fsp3) is 0.500. The predicted octanol–water partition coefficient (Wildman–Crippen LogP) is 1.96. The van der Waals surface area contributed by atoms with Gasteiger partial charge in [-0.25, -0.2) is 4.79 Å². The molecule has 1 N–H and O–H groups in total. The number of piperidine rings is 1. The van der Waals surface area contributed by atoms with Crippen LogP contribution in [0.1, 0.15) is 24.4 Å². The fourth-order valence-electron chi connectivity index (χ4n) is 2.58. The third-order valence-electron chi connectivity index (χ3n) is 3.47. The highest BCUT2D eigenvalue weighted by Gasteiger charge is 2.36. The number of hydrogen-bond donors (Lipinski definition) is 1. The van der Waals surface area contributed by atoms with Crippen molar-refractivity contribution in [3.8, 4) is 5.75 Å². The van der Waals surface area contributed by atoms with Gasteiger partial charge in [-0.15, -0.1) is 0 Å². The Hall–Kier alpha value is -1.75.